The van der Waals surface area contributed by atoms with Crippen molar-refractivity contribution in [3.8, 4) is 5.75 Å². The third kappa shape index (κ3) is 4.42. The number of ketones is 1. The molecule has 0 aliphatic carbocycles. The van der Waals surface area contributed by atoms with Gasteiger partial charge in [0.1, 0.15) is 6.04 Å². The van der Waals surface area contributed by atoms with Crippen LogP contribution in [-0.2, 0) is 4.79 Å². The van der Waals surface area contributed by atoms with Crippen molar-refractivity contribution in [2.24, 2.45) is 5.92 Å². The number of Topliss-reactive ketones (excluding diaryl/α,β-unsaturated/α-hetero) is 1. The van der Waals surface area contributed by atoms with Gasteiger partial charge in [-0.1, -0.05) is 54.9 Å². The number of halogens is 1. The van der Waals surface area contributed by atoms with E-state index >= 15 is 0 Å². The van der Waals surface area contributed by atoms with Crippen molar-refractivity contribution < 1.29 is 24.0 Å². The molecule has 2 heterocycles. The Morgan fingerprint density at radius 3 is 2.31 bits per heavy atom. The lowest BCUT2D eigenvalue weighted by Crippen LogP contribution is -2.38. The average molecular weight is 548 g/mol. The van der Waals surface area contributed by atoms with Crippen LogP contribution < -0.4 is 4.74 Å². The Labute approximate surface area is 230 Å². The minimum Gasteiger partial charge on any atom is -0.490 e. The van der Waals surface area contributed by atoms with Gasteiger partial charge in [-0.25, -0.2) is 4.79 Å². The molecule has 9 nitrogen and oxygen atoms in total. The second-order valence-electron chi connectivity index (χ2n) is 9.59. The van der Waals surface area contributed by atoms with Crippen LogP contribution in [0.4, 0.5) is 10.5 Å². The number of hydrogen-bond donors (Lipinski definition) is 0. The molecule has 2 aliphatic heterocycles. The molecule has 5 rings (SSSR count). The monoisotopic (exact) mass is 547 g/mol. The Hall–Kier alpha value is -4.24. The second kappa shape index (κ2) is 10.5. The fourth-order valence-corrected chi connectivity index (χ4v) is 5.95. The van der Waals surface area contributed by atoms with Crippen LogP contribution in [0, 0.1) is 16.0 Å². The highest BCUT2D eigenvalue weighted by molar-refractivity contribution is 6.30. The zero-order valence-electron chi connectivity index (χ0n) is 21.3. The standard InChI is InChI=1S/C29H26ClN3O6/c1-3-15-31-28(35)26-23(17-7-5-4-6-8-17)24(27(34)18-9-12-20(30)13-10-18)25(32(26)29(31)36)19-11-14-22(39-2)21(16-19)33(37)38/h4-14,16,23-26H,3,15H2,1-2H3. The molecule has 2 fully saturated rings. The van der Waals surface area contributed by atoms with Crippen LogP contribution >= 0.6 is 11.6 Å². The fourth-order valence-electron chi connectivity index (χ4n) is 5.82. The Morgan fingerprint density at radius 2 is 1.69 bits per heavy atom. The number of hydrogen-bond acceptors (Lipinski definition) is 6. The molecule has 3 amide bonds. The molecule has 39 heavy (non-hydrogen) atoms. The molecule has 200 valence electrons. The Morgan fingerprint density at radius 1 is 1.00 bits per heavy atom. The maximum atomic E-state index is 14.3. The van der Waals surface area contributed by atoms with Crippen molar-refractivity contribution in [3.05, 3.63) is 105 Å². The molecule has 3 aromatic rings. The van der Waals surface area contributed by atoms with Gasteiger partial charge in [-0.2, -0.15) is 0 Å². The fraction of sp³-hybridized carbons (Fsp3) is 0.276. The van der Waals surface area contributed by atoms with E-state index in [2.05, 4.69) is 0 Å². The molecule has 4 atom stereocenters. The van der Waals surface area contributed by atoms with Gasteiger partial charge in [-0.05, 0) is 47.9 Å². The highest BCUT2D eigenvalue weighted by atomic mass is 35.5. The maximum absolute atomic E-state index is 14.3. The average Bonchev–Trinajstić information content (AvgIpc) is 3.42. The predicted octanol–water partition coefficient (Wildman–Crippen LogP) is 5.64. The molecule has 0 aromatic heterocycles. The number of nitrogens with zero attached hydrogens (tertiary/aromatic N) is 3. The number of nitro groups is 1. The van der Waals surface area contributed by atoms with E-state index in [1.54, 1.807) is 30.3 Å². The third-order valence-electron chi connectivity index (χ3n) is 7.44. The zero-order chi connectivity index (χ0) is 27.8. The van der Waals surface area contributed by atoms with E-state index in [0.717, 1.165) is 5.56 Å². The van der Waals surface area contributed by atoms with E-state index in [1.165, 1.54) is 29.0 Å². The Kier molecular flexibility index (Phi) is 7.10. The second-order valence-corrected chi connectivity index (χ2v) is 10.0. The molecule has 10 heteroatoms. The van der Waals surface area contributed by atoms with Crippen molar-refractivity contribution in [1.82, 2.24) is 9.80 Å². The summed E-state index contributed by atoms with van der Waals surface area (Å²) in [5.41, 5.74) is 1.17. The molecule has 0 radical (unpaired) electrons. The van der Waals surface area contributed by atoms with E-state index < -0.39 is 34.9 Å². The number of nitro benzene ring substituents is 1. The van der Waals surface area contributed by atoms with Crippen LogP contribution in [0.3, 0.4) is 0 Å². The van der Waals surface area contributed by atoms with Crippen LogP contribution in [0.15, 0.2) is 72.8 Å². The Balaban J connectivity index is 1.75. The van der Waals surface area contributed by atoms with Crippen LogP contribution in [0.25, 0.3) is 0 Å². The highest BCUT2D eigenvalue weighted by Crippen LogP contribution is 2.54. The number of rotatable bonds is 8. The third-order valence-corrected chi connectivity index (χ3v) is 7.69. The maximum Gasteiger partial charge on any atom is 0.328 e. The van der Waals surface area contributed by atoms with Crippen LogP contribution in [0.2, 0.25) is 5.02 Å². The van der Waals surface area contributed by atoms with Gasteiger partial charge in [0.15, 0.2) is 11.5 Å². The van der Waals surface area contributed by atoms with Crippen molar-refractivity contribution in [1.29, 1.82) is 0 Å². The molecular formula is C29H26ClN3O6. The first kappa shape index (κ1) is 26.4. The van der Waals surface area contributed by atoms with E-state index in [4.69, 9.17) is 16.3 Å². The van der Waals surface area contributed by atoms with E-state index in [0.29, 0.717) is 22.6 Å². The number of fused-ring (bicyclic) bond motifs is 1. The van der Waals surface area contributed by atoms with Crippen molar-refractivity contribution >= 4 is 35.0 Å². The quantitative estimate of drug-likeness (QED) is 0.156. The van der Waals surface area contributed by atoms with E-state index in [9.17, 15) is 24.5 Å². The van der Waals surface area contributed by atoms with Gasteiger partial charge < -0.3 is 9.64 Å². The largest absolute Gasteiger partial charge is 0.490 e. The SMILES string of the molecule is CCCN1C(=O)C2C(c3ccccc3)C(C(=O)c3ccc(Cl)cc3)C(c3ccc(OC)c([N+](=O)[O-])c3)N2C1=O. The van der Waals surface area contributed by atoms with Gasteiger partial charge in [-0.3, -0.25) is 24.6 Å². The summed E-state index contributed by atoms with van der Waals surface area (Å²) in [4.78, 5) is 55.8. The number of amides is 3. The zero-order valence-corrected chi connectivity index (χ0v) is 22.1. The minimum absolute atomic E-state index is 0.0509. The summed E-state index contributed by atoms with van der Waals surface area (Å²) in [6.07, 6.45) is 0.569. The molecule has 3 aromatic carbocycles. The Bertz CT molecular complexity index is 1450. The first-order chi connectivity index (χ1) is 18.8. The molecule has 0 N–H and O–H groups in total. The normalized spacial score (nSPS) is 22.2. The lowest BCUT2D eigenvalue weighted by Gasteiger charge is -2.29. The summed E-state index contributed by atoms with van der Waals surface area (Å²) < 4.78 is 5.18. The summed E-state index contributed by atoms with van der Waals surface area (Å²) >= 11 is 6.07. The van der Waals surface area contributed by atoms with E-state index in [-0.39, 0.29) is 29.7 Å². The van der Waals surface area contributed by atoms with Crippen LogP contribution in [0.5, 0.6) is 5.75 Å². The van der Waals surface area contributed by atoms with Gasteiger partial charge in [0, 0.05) is 29.1 Å². The van der Waals surface area contributed by atoms with Gasteiger partial charge in [0.2, 0.25) is 0 Å². The number of urea groups is 1. The van der Waals surface area contributed by atoms with Crippen molar-refractivity contribution in [3.63, 3.8) is 0 Å². The first-order valence-electron chi connectivity index (χ1n) is 12.6. The first-order valence-corrected chi connectivity index (χ1v) is 13.0. The van der Waals surface area contributed by atoms with Gasteiger partial charge in [0.05, 0.1) is 24.0 Å². The smallest absolute Gasteiger partial charge is 0.328 e. The van der Waals surface area contributed by atoms with Crippen LogP contribution in [0.1, 0.15) is 46.8 Å². The summed E-state index contributed by atoms with van der Waals surface area (Å²) in [6, 6.07) is 17.6. The topological polar surface area (TPSA) is 110 Å². The van der Waals surface area contributed by atoms with Gasteiger partial charge >= 0.3 is 11.7 Å². The van der Waals surface area contributed by atoms with Crippen LogP contribution in [-0.4, -0.2) is 52.1 Å². The number of methoxy groups -OCH3 is 1. The number of carbonyl (C=O) groups excluding carboxylic acids is 3. The number of benzene rings is 3. The number of ether oxygens (including phenoxy) is 1. The number of imide groups is 1. The molecule has 0 bridgehead atoms. The molecule has 0 spiro atoms. The molecule has 4 unspecified atom stereocenters. The molecule has 2 saturated heterocycles. The van der Waals surface area contributed by atoms with Crippen molar-refractivity contribution in [2.45, 2.75) is 31.3 Å². The molecule has 2 aliphatic rings. The summed E-state index contributed by atoms with van der Waals surface area (Å²) in [5, 5.41) is 12.3. The molecular weight excluding hydrogens is 522 g/mol. The summed E-state index contributed by atoms with van der Waals surface area (Å²) in [7, 11) is 1.33. The van der Waals surface area contributed by atoms with E-state index in [1.807, 2.05) is 37.3 Å². The van der Waals surface area contributed by atoms with Crippen molar-refractivity contribution in [2.75, 3.05) is 13.7 Å². The highest BCUT2D eigenvalue weighted by Gasteiger charge is 2.63. The molecule has 0 saturated carbocycles. The van der Waals surface area contributed by atoms with Gasteiger partial charge in [-0.15, -0.1) is 0 Å². The lowest BCUT2D eigenvalue weighted by atomic mass is 9.75. The summed E-state index contributed by atoms with van der Waals surface area (Å²) in [6.45, 7) is 2.10. The van der Waals surface area contributed by atoms with Gasteiger partial charge in [0.25, 0.3) is 5.91 Å². The summed E-state index contributed by atoms with van der Waals surface area (Å²) in [5.74, 6) is -2.20. The lowest BCUT2D eigenvalue weighted by molar-refractivity contribution is -0.385. The predicted molar refractivity (Wildman–Crippen MR) is 144 cm³/mol. The number of carbonyl (C=O) groups is 3. The minimum atomic E-state index is -0.946.